The Hall–Kier alpha value is -2.84. The Balaban J connectivity index is 2.30. The number of ether oxygens (including phenoxy) is 2. The van der Waals surface area contributed by atoms with Crippen LogP contribution in [0.5, 0.6) is 5.75 Å². The van der Waals surface area contributed by atoms with Crippen molar-refractivity contribution in [2.75, 3.05) is 26.9 Å². The van der Waals surface area contributed by atoms with Gasteiger partial charge < -0.3 is 14.8 Å². The molecule has 0 fully saturated rings. The fourth-order valence-corrected chi connectivity index (χ4v) is 2.52. The molecule has 1 amide bonds. The van der Waals surface area contributed by atoms with Crippen LogP contribution in [0.1, 0.15) is 18.9 Å². The highest BCUT2D eigenvalue weighted by atomic mass is 16.5. The SMILES string of the molecule is CCOc1ccc(/C=C(\C#N)C(=O)NCCCOC)c2ccccc12. The lowest BCUT2D eigenvalue weighted by atomic mass is 10.0. The monoisotopic (exact) mass is 338 g/mol. The standard InChI is InChI=1S/C20H22N2O3/c1-3-25-19-10-9-15(17-7-4-5-8-18(17)19)13-16(14-21)20(23)22-11-6-12-24-2/h4-5,7-10,13H,3,6,11-12H2,1-2H3,(H,22,23)/b16-13+. The van der Waals surface area contributed by atoms with E-state index in [9.17, 15) is 10.1 Å². The average molecular weight is 338 g/mol. The summed E-state index contributed by atoms with van der Waals surface area (Å²) in [5, 5.41) is 14.0. The molecule has 0 aliphatic carbocycles. The zero-order valence-electron chi connectivity index (χ0n) is 14.5. The number of nitrogens with one attached hydrogen (secondary N) is 1. The Morgan fingerprint density at radius 1 is 1.24 bits per heavy atom. The second kappa shape index (κ2) is 9.45. The van der Waals surface area contributed by atoms with Gasteiger partial charge in [-0.15, -0.1) is 0 Å². The van der Waals surface area contributed by atoms with Crippen LogP contribution in [0.25, 0.3) is 16.8 Å². The molecule has 2 aromatic carbocycles. The summed E-state index contributed by atoms with van der Waals surface area (Å²) in [6.45, 7) is 3.54. The molecule has 5 heteroatoms. The summed E-state index contributed by atoms with van der Waals surface area (Å²) in [6, 6.07) is 13.5. The Kier molecular flexibility index (Phi) is 7.00. The van der Waals surface area contributed by atoms with Gasteiger partial charge in [0.05, 0.1) is 6.61 Å². The molecular weight excluding hydrogens is 316 g/mol. The van der Waals surface area contributed by atoms with Crippen LogP contribution in [0.2, 0.25) is 0 Å². The van der Waals surface area contributed by atoms with Crippen LogP contribution in [0, 0.1) is 11.3 Å². The third-order valence-electron chi connectivity index (χ3n) is 3.69. The van der Waals surface area contributed by atoms with Crippen LogP contribution in [0.3, 0.4) is 0 Å². The maximum absolute atomic E-state index is 12.2. The molecule has 0 unspecified atom stereocenters. The highest BCUT2D eigenvalue weighted by Crippen LogP contribution is 2.29. The van der Waals surface area contributed by atoms with Gasteiger partial charge >= 0.3 is 0 Å². The smallest absolute Gasteiger partial charge is 0.261 e. The number of nitriles is 1. The molecule has 130 valence electrons. The Bertz CT molecular complexity index is 806. The Morgan fingerprint density at radius 3 is 2.68 bits per heavy atom. The lowest BCUT2D eigenvalue weighted by Crippen LogP contribution is -2.26. The van der Waals surface area contributed by atoms with Gasteiger partial charge in [-0.3, -0.25) is 4.79 Å². The van der Waals surface area contributed by atoms with Crippen molar-refractivity contribution in [3.05, 3.63) is 47.5 Å². The molecule has 5 nitrogen and oxygen atoms in total. The van der Waals surface area contributed by atoms with Crippen LogP contribution < -0.4 is 10.1 Å². The molecule has 0 aliphatic heterocycles. The van der Waals surface area contributed by atoms with Gasteiger partial charge in [0.2, 0.25) is 0 Å². The van der Waals surface area contributed by atoms with E-state index in [4.69, 9.17) is 9.47 Å². The molecule has 0 heterocycles. The van der Waals surface area contributed by atoms with Gasteiger partial charge in [-0.2, -0.15) is 5.26 Å². The molecule has 0 radical (unpaired) electrons. The van der Waals surface area contributed by atoms with Crippen molar-refractivity contribution in [3.8, 4) is 11.8 Å². The minimum atomic E-state index is -0.378. The number of methoxy groups -OCH3 is 1. The lowest BCUT2D eigenvalue weighted by Gasteiger charge is -2.10. The van der Waals surface area contributed by atoms with Gasteiger partial charge in [0.25, 0.3) is 5.91 Å². The molecule has 2 aromatic rings. The topological polar surface area (TPSA) is 71.3 Å². The number of benzene rings is 2. The number of fused-ring (bicyclic) bond motifs is 1. The second-order valence-corrected chi connectivity index (χ2v) is 5.40. The van der Waals surface area contributed by atoms with Crippen LogP contribution in [-0.2, 0) is 9.53 Å². The predicted octanol–water partition coefficient (Wildman–Crippen LogP) is 3.30. The van der Waals surface area contributed by atoms with Gasteiger partial charge in [-0.25, -0.2) is 0 Å². The van der Waals surface area contributed by atoms with Gasteiger partial charge in [-0.1, -0.05) is 30.3 Å². The van der Waals surface area contributed by atoms with Gasteiger partial charge in [0.15, 0.2) is 0 Å². The van der Waals surface area contributed by atoms with Crippen molar-refractivity contribution in [3.63, 3.8) is 0 Å². The summed E-state index contributed by atoms with van der Waals surface area (Å²) in [7, 11) is 1.61. The number of nitrogens with zero attached hydrogens (tertiary/aromatic N) is 1. The molecule has 0 bridgehead atoms. The molecule has 0 aromatic heterocycles. The molecule has 25 heavy (non-hydrogen) atoms. The average Bonchev–Trinajstić information content (AvgIpc) is 2.64. The van der Waals surface area contributed by atoms with E-state index in [2.05, 4.69) is 5.32 Å². The summed E-state index contributed by atoms with van der Waals surface area (Å²) in [4.78, 5) is 12.2. The minimum absolute atomic E-state index is 0.0757. The van der Waals surface area contributed by atoms with Crippen LogP contribution in [0.15, 0.2) is 42.0 Å². The number of rotatable bonds is 8. The second-order valence-electron chi connectivity index (χ2n) is 5.40. The summed E-state index contributed by atoms with van der Waals surface area (Å²) >= 11 is 0. The predicted molar refractivity (Wildman–Crippen MR) is 98.2 cm³/mol. The van der Waals surface area contributed by atoms with Crippen LogP contribution >= 0.6 is 0 Å². The quantitative estimate of drug-likeness (QED) is 0.455. The summed E-state index contributed by atoms with van der Waals surface area (Å²) in [6.07, 6.45) is 2.32. The summed E-state index contributed by atoms with van der Waals surface area (Å²) < 4.78 is 10.6. The first-order chi connectivity index (χ1) is 12.2. The van der Waals surface area contributed by atoms with E-state index in [1.807, 2.05) is 49.4 Å². The molecule has 0 aliphatic rings. The maximum atomic E-state index is 12.2. The van der Waals surface area contributed by atoms with Crippen LogP contribution in [-0.4, -0.2) is 32.8 Å². The molecule has 0 atom stereocenters. The molecule has 0 saturated carbocycles. The number of carbonyl (C=O) groups is 1. The third-order valence-corrected chi connectivity index (χ3v) is 3.69. The summed E-state index contributed by atoms with van der Waals surface area (Å²) in [5.74, 6) is 0.411. The van der Waals surface area contributed by atoms with Crippen molar-refractivity contribution in [2.45, 2.75) is 13.3 Å². The van der Waals surface area contributed by atoms with Crippen molar-refractivity contribution in [2.24, 2.45) is 0 Å². The maximum Gasteiger partial charge on any atom is 0.261 e. The Morgan fingerprint density at radius 2 is 2.00 bits per heavy atom. The molecule has 2 rings (SSSR count). The Labute approximate surface area is 147 Å². The van der Waals surface area contributed by atoms with Crippen molar-refractivity contribution >= 4 is 22.8 Å². The van der Waals surface area contributed by atoms with E-state index in [-0.39, 0.29) is 11.5 Å². The number of carbonyl (C=O) groups excluding carboxylic acids is 1. The zero-order valence-corrected chi connectivity index (χ0v) is 14.5. The molecule has 1 N–H and O–H groups in total. The fraction of sp³-hybridized carbons (Fsp3) is 0.300. The normalized spacial score (nSPS) is 11.2. The first kappa shape index (κ1) is 18.5. The summed E-state index contributed by atoms with van der Waals surface area (Å²) in [5.41, 5.74) is 0.884. The van der Waals surface area contributed by atoms with E-state index >= 15 is 0 Å². The molecule has 0 saturated heterocycles. The number of amides is 1. The molecule has 0 spiro atoms. The van der Waals surface area contributed by atoms with Crippen LogP contribution in [0.4, 0.5) is 0 Å². The first-order valence-electron chi connectivity index (χ1n) is 8.24. The number of hydrogen-bond donors (Lipinski definition) is 1. The van der Waals surface area contributed by atoms with E-state index < -0.39 is 0 Å². The van der Waals surface area contributed by atoms with Crippen molar-refractivity contribution < 1.29 is 14.3 Å². The molecular formula is C20H22N2O3. The van der Waals surface area contributed by atoms with E-state index in [0.29, 0.717) is 26.2 Å². The van der Waals surface area contributed by atoms with E-state index in [0.717, 1.165) is 22.1 Å². The van der Waals surface area contributed by atoms with Crippen molar-refractivity contribution in [1.29, 1.82) is 5.26 Å². The van der Waals surface area contributed by atoms with Gasteiger partial charge in [0, 0.05) is 25.6 Å². The van der Waals surface area contributed by atoms with E-state index in [1.165, 1.54) is 0 Å². The number of hydrogen-bond acceptors (Lipinski definition) is 4. The van der Waals surface area contributed by atoms with E-state index in [1.54, 1.807) is 13.2 Å². The fourth-order valence-electron chi connectivity index (χ4n) is 2.52. The third kappa shape index (κ3) is 4.82. The lowest BCUT2D eigenvalue weighted by molar-refractivity contribution is -0.117. The minimum Gasteiger partial charge on any atom is -0.493 e. The van der Waals surface area contributed by atoms with Gasteiger partial charge in [0.1, 0.15) is 17.4 Å². The largest absolute Gasteiger partial charge is 0.493 e. The van der Waals surface area contributed by atoms with Crippen molar-refractivity contribution in [1.82, 2.24) is 5.32 Å². The highest BCUT2D eigenvalue weighted by molar-refractivity contribution is 6.04. The first-order valence-corrected chi connectivity index (χ1v) is 8.24. The van der Waals surface area contributed by atoms with Gasteiger partial charge in [-0.05, 0) is 36.4 Å². The highest BCUT2D eigenvalue weighted by Gasteiger charge is 2.11. The zero-order chi connectivity index (χ0) is 18.1.